The number of fused-ring (bicyclic) bond motifs is 2. The maximum Gasteiger partial charge on any atom is 0.317 e. The number of unbranched alkanes of at least 4 members (excludes halogenated alkanes) is 3. The van der Waals surface area contributed by atoms with Gasteiger partial charge in [-0.05, 0) is 61.6 Å². The van der Waals surface area contributed by atoms with Gasteiger partial charge in [-0.15, -0.1) is 0 Å². The highest BCUT2D eigenvalue weighted by molar-refractivity contribution is 5.96. The number of aliphatic hydroxyl groups excluding tert-OH is 10. The van der Waals surface area contributed by atoms with Crippen LogP contribution in [0.5, 0.6) is 0 Å². The minimum atomic E-state index is -2.08. The molecule has 0 unspecified atom stereocenters. The highest BCUT2D eigenvalue weighted by Gasteiger charge is 2.35. The Labute approximate surface area is 597 Å². The zero-order valence-corrected chi connectivity index (χ0v) is 57.8. The molecular formula is C65H100N14O25. The van der Waals surface area contributed by atoms with Crippen molar-refractivity contribution in [3.63, 3.8) is 0 Å². The van der Waals surface area contributed by atoms with E-state index in [9.17, 15) is 124 Å². The van der Waals surface area contributed by atoms with Crippen LogP contribution in [0.1, 0.15) is 79.5 Å². The molecule has 0 aliphatic carbocycles. The molecule has 2 aliphatic heterocycles. The first-order valence-electron chi connectivity index (χ1n) is 34.1. The molecule has 39 heteroatoms. The monoisotopic (exact) mass is 1480 g/mol. The van der Waals surface area contributed by atoms with E-state index in [0.717, 1.165) is 11.0 Å². The van der Waals surface area contributed by atoms with Crippen LogP contribution >= 0.6 is 0 Å². The number of carboxylic acid groups (broad SMARTS) is 4. The Hall–Kier alpha value is -8.68. The van der Waals surface area contributed by atoms with Crippen LogP contribution in [0, 0.1) is 0 Å². The lowest BCUT2D eigenvalue weighted by atomic mass is 10.0. The van der Waals surface area contributed by atoms with Gasteiger partial charge in [0.2, 0.25) is 35.4 Å². The number of anilines is 1. The molecule has 0 bridgehead atoms. The molecule has 1 fully saturated rings. The smallest absolute Gasteiger partial charge is 0.317 e. The summed E-state index contributed by atoms with van der Waals surface area (Å²) in [5.41, 5.74) is 2.86. The second-order valence-corrected chi connectivity index (χ2v) is 25.7. The molecule has 580 valence electrons. The van der Waals surface area contributed by atoms with Gasteiger partial charge < -0.3 is 118 Å². The molecule has 3 heterocycles. The number of carbonyl (C=O) groups excluding carboxylic acids is 7. The molecule has 2 aliphatic rings. The highest BCUT2D eigenvalue weighted by atomic mass is 16.4. The number of H-pyrrole nitrogens is 1. The maximum atomic E-state index is 14.6. The minimum Gasteiger partial charge on any atom is -0.481 e. The van der Waals surface area contributed by atoms with E-state index in [1.54, 1.807) is 25.2 Å². The number of aromatic nitrogens is 2. The molecule has 21 N–H and O–H groups in total. The number of aliphatic hydroxyl groups is 10. The third-order valence-electron chi connectivity index (χ3n) is 17.5. The van der Waals surface area contributed by atoms with Crippen LogP contribution in [-0.2, 0) is 61.0 Å². The Morgan fingerprint density at radius 2 is 1.05 bits per heavy atom. The number of imidazole rings is 1. The Kier molecular flexibility index (Phi) is 36.0. The van der Waals surface area contributed by atoms with E-state index in [1.165, 1.54) is 29.4 Å². The molecule has 1 saturated heterocycles. The molecule has 3 aromatic rings. The van der Waals surface area contributed by atoms with Crippen molar-refractivity contribution >= 4 is 81.9 Å². The molecule has 7 amide bonds. The normalized spacial score (nSPS) is 18.2. The van der Waals surface area contributed by atoms with Crippen molar-refractivity contribution in [2.24, 2.45) is 0 Å². The molecule has 11 atom stereocenters. The number of para-hydroxylation sites is 2. The van der Waals surface area contributed by atoms with Crippen molar-refractivity contribution in [2.75, 3.05) is 130 Å². The highest BCUT2D eigenvalue weighted by Crippen LogP contribution is 2.27. The van der Waals surface area contributed by atoms with Crippen molar-refractivity contribution in [2.45, 2.75) is 138 Å². The third-order valence-corrected chi connectivity index (χ3v) is 17.5. The van der Waals surface area contributed by atoms with Crippen LogP contribution in [0.25, 0.3) is 11.0 Å². The van der Waals surface area contributed by atoms with E-state index >= 15 is 0 Å². The lowest BCUT2D eigenvalue weighted by Crippen LogP contribution is -2.56. The van der Waals surface area contributed by atoms with Crippen LogP contribution in [-0.4, -0.2) is 368 Å². The van der Waals surface area contributed by atoms with Gasteiger partial charge in [-0.3, -0.25) is 72.3 Å². The molecule has 39 nitrogen and oxygen atoms in total. The molecular weight excluding hydrogens is 1380 g/mol. The predicted octanol–water partition coefficient (Wildman–Crippen LogP) is -7.78. The largest absolute Gasteiger partial charge is 0.481 e. The van der Waals surface area contributed by atoms with Gasteiger partial charge in [-0.1, -0.05) is 25.0 Å². The second kappa shape index (κ2) is 43.6. The van der Waals surface area contributed by atoms with E-state index in [0.29, 0.717) is 48.3 Å². The van der Waals surface area contributed by atoms with E-state index in [1.807, 2.05) is 24.3 Å². The minimum absolute atomic E-state index is 0.0137. The fourth-order valence-electron chi connectivity index (χ4n) is 11.5. The van der Waals surface area contributed by atoms with Crippen molar-refractivity contribution < 1.29 is 124 Å². The number of nitrogens with one attached hydrogen (secondary N) is 7. The van der Waals surface area contributed by atoms with Gasteiger partial charge in [0.1, 0.15) is 60.6 Å². The molecule has 1 aromatic heterocycles. The Morgan fingerprint density at radius 3 is 1.54 bits per heavy atom. The zero-order valence-electron chi connectivity index (χ0n) is 57.8. The summed E-state index contributed by atoms with van der Waals surface area (Å²) in [7, 11) is 1.62. The molecule has 0 saturated carbocycles. The van der Waals surface area contributed by atoms with Crippen LogP contribution in [0.3, 0.4) is 0 Å². The number of carboxylic acids is 4. The number of amides is 7. The van der Waals surface area contributed by atoms with Crippen molar-refractivity contribution in [3.8, 4) is 0 Å². The lowest BCUT2D eigenvalue weighted by molar-refractivity contribution is -0.141. The molecule has 0 spiro atoms. The van der Waals surface area contributed by atoms with E-state index < -0.39 is 211 Å². The number of benzene rings is 2. The van der Waals surface area contributed by atoms with Crippen molar-refractivity contribution in [1.29, 1.82) is 0 Å². The average Bonchev–Trinajstić information content (AvgIpc) is 1.62. The van der Waals surface area contributed by atoms with Gasteiger partial charge in [-0.25, -0.2) is 4.98 Å². The fourth-order valence-corrected chi connectivity index (χ4v) is 11.5. The van der Waals surface area contributed by atoms with Crippen LogP contribution < -0.4 is 31.9 Å². The maximum absolute atomic E-state index is 14.6. The summed E-state index contributed by atoms with van der Waals surface area (Å²) in [5, 5.41) is 154. The number of carbonyl (C=O) groups is 11. The Morgan fingerprint density at radius 1 is 0.567 bits per heavy atom. The van der Waals surface area contributed by atoms with Gasteiger partial charge in [0.05, 0.1) is 75.6 Å². The summed E-state index contributed by atoms with van der Waals surface area (Å²) in [5.74, 6) is -9.80. The standard InChI is InChI=1S/C65H100N14O25/c1-74(31-50-70-41-8-4-5-9-42(41)71-50)64(103)38-10-11-40-39(26-38)30-79(65(104)45(69-40)27-54(89)90)17-7-3-2-6-16-66-62(101)43(12-14-51(86)67-28-46(82)58(97)60(99)48(84)36-80)73-63(102)44(13-15-52(87)68-29-47(83)59(98)61(100)49(85)37-81)72-53(88)32-75-18-20-76(33-55(91)92)22-24-78(35-57(95)96)25-23-77(21-19-75)34-56(93)94/h4-5,8-11,26,43-49,58-61,69,80-85,97-100H,2-3,6-7,12-25,27-37H2,1H3,(H,66,101)(H,67,86)(H,68,87)(H,70,71)(H,72,88)(H,73,102)(H,89,90)(H,91,92)(H,93,94)(H,95,96)/t43-,44-,45-,46+,47-,48+,49-,58+,59-,60+,61-/m0/s1. The van der Waals surface area contributed by atoms with Crippen molar-refractivity contribution in [1.82, 2.24) is 66.0 Å². The van der Waals surface area contributed by atoms with Gasteiger partial charge in [0.15, 0.2) is 0 Å². The lowest BCUT2D eigenvalue weighted by Gasteiger charge is -2.33. The average molecular weight is 1480 g/mol. The third kappa shape index (κ3) is 29.1. The number of hydrogen-bond acceptors (Lipinski definition) is 27. The first-order chi connectivity index (χ1) is 49.3. The molecule has 104 heavy (non-hydrogen) atoms. The number of rotatable bonds is 42. The summed E-state index contributed by atoms with van der Waals surface area (Å²) in [4.78, 5) is 162. The topological polar surface area (TPSA) is 591 Å². The van der Waals surface area contributed by atoms with E-state index in [-0.39, 0.29) is 84.4 Å². The van der Waals surface area contributed by atoms with Crippen LogP contribution in [0.4, 0.5) is 5.69 Å². The zero-order chi connectivity index (χ0) is 76.7. The van der Waals surface area contributed by atoms with E-state index in [4.69, 9.17) is 0 Å². The Bertz CT molecular complexity index is 3270. The number of hydrogen-bond donors (Lipinski definition) is 21. The molecule has 5 rings (SSSR count). The SMILES string of the molecule is CN(Cc1nc2ccccc2[nH]1)C(=O)c1ccc2c(c1)CN(CCCCCCNC(=O)[C@H](CCC(=O)NC[C@@H](O)[C@@H](O)[C@H](O)[C@H](O)CO)NC(=O)[C@H](CCC(=O)NC[C@H](O)[C@H](O)[C@@H](O)[C@@H](O)CO)NC(=O)CN1CCN(CC(=O)O)CCN(CC(=O)O)CCN(CC(=O)O)CC1)C(=O)[C@H](CC(=O)O)N2. The summed E-state index contributed by atoms with van der Waals surface area (Å²) in [6.45, 7) is -5.02. The first-order valence-corrected chi connectivity index (χ1v) is 34.1. The Balaban J connectivity index is 1.32. The van der Waals surface area contributed by atoms with Gasteiger partial charge in [-0.2, -0.15) is 0 Å². The quantitative estimate of drug-likeness (QED) is 0.0234. The first kappa shape index (κ1) is 86.0. The summed E-state index contributed by atoms with van der Waals surface area (Å²) in [6.07, 6.45) is -17.1. The van der Waals surface area contributed by atoms with Gasteiger partial charge in [0.25, 0.3) is 5.91 Å². The van der Waals surface area contributed by atoms with Gasteiger partial charge >= 0.3 is 23.9 Å². The number of aliphatic carboxylic acids is 4. The summed E-state index contributed by atoms with van der Waals surface area (Å²) < 4.78 is 0. The molecule has 2 aromatic carbocycles. The molecule has 0 radical (unpaired) electrons. The van der Waals surface area contributed by atoms with E-state index in [2.05, 4.69) is 41.9 Å². The number of nitrogens with zero attached hydrogens (tertiary/aromatic N) is 7. The van der Waals surface area contributed by atoms with Crippen LogP contribution in [0.15, 0.2) is 42.5 Å². The second-order valence-electron chi connectivity index (χ2n) is 25.7. The fraction of sp³-hybridized carbons (Fsp3) is 0.631. The number of aromatic amines is 1. The summed E-state index contributed by atoms with van der Waals surface area (Å²) in [6, 6.07) is 7.73. The van der Waals surface area contributed by atoms with Crippen LogP contribution in [0.2, 0.25) is 0 Å². The summed E-state index contributed by atoms with van der Waals surface area (Å²) >= 11 is 0. The van der Waals surface area contributed by atoms with Crippen molar-refractivity contribution in [3.05, 3.63) is 59.4 Å². The predicted molar refractivity (Wildman–Crippen MR) is 364 cm³/mol. The van der Waals surface area contributed by atoms with Gasteiger partial charge in [0, 0.05) is 116 Å².